The van der Waals surface area contributed by atoms with Crippen LogP contribution < -0.4 is 5.43 Å². The van der Waals surface area contributed by atoms with Gasteiger partial charge in [-0.3, -0.25) is 9.59 Å². The molecule has 4 rings (SSSR count). The third kappa shape index (κ3) is 3.53. The summed E-state index contributed by atoms with van der Waals surface area (Å²) in [5.74, 6) is -1.18. The topological polar surface area (TPSA) is 79.6 Å². The van der Waals surface area contributed by atoms with E-state index in [1.807, 2.05) is 29.8 Å². The van der Waals surface area contributed by atoms with Crippen molar-refractivity contribution in [1.29, 1.82) is 0 Å². The Bertz CT molecular complexity index is 1160. The molecule has 1 atom stereocenters. The Kier molecular flexibility index (Phi) is 4.92. The molecular formula is C23H22N2O4. The van der Waals surface area contributed by atoms with Gasteiger partial charge in [0.25, 0.3) is 5.91 Å². The summed E-state index contributed by atoms with van der Waals surface area (Å²) in [6.45, 7) is 1.06. The highest BCUT2D eigenvalue weighted by molar-refractivity contribution is 5.97. The molecule has 0 radical (unpaired) electrons. The maximum absolute atomic E-state index is 13.2. The fraction of sp³-hybridized carbons (Fsp3) is 0.261. The Morgan fingerprint density at radius 2 is 1.90 bits per heavy atom. The lowest BCUT2D eigenvalue weighted by molar-refractivity contribution is 0.0687. The van der Waals surface area contributed by atoms with E-state index in [-0.39, 0.29) is 28.4 Å². The van der Waals surface area contributed by atoms with Crippen molar-refractivity contribution >= 4 is 22.8 Å². The lowest BCUT2D eigenvalue weighted by Crippen LogP contribution is -2.41. The molecule has 1 aromatic heterocycles. The molecule has 6 nitrogen and oxygen atoms in total. The molecule has 2 aromatic carbocycles. The number of carboxylic acids is 1. The van der Waals surface area contributed by atoms with Gasteiger partial charge < -0.3 is 14.6 Å². The minimum absolute atomic E-state index is 0.0521. The minimum atomic E-state index is -0.963. The number of hydrogen-bond acceptors (Lipinski definition) is 3. The van der Waals surface area contributed by atoms with Crippen molar-refractivity contribution in [3.8, 4) is 0 Å². The number of aromatic carboxylic acids is 1. The van der Waals surface area contributed by atoms with Crippen molar-refractivity contribution in [1.82, 2.24) is 9.47 Å². The van der Waals surface area contributed by atoms with Gasteiger partial charge in [-0.1, -0.05) is 24.3 Å². The van der Waals surface area contributed by atoms with Gasteiger partial charge in [0.2, 0.25) is 5.43 Å². The Morgan fingerprint density at radius 1 is 1.10 bits per heavy atom. The monoisotopic (exact) mass is 390 g/mol. The first-order valence-corrected chi connectivity index (χ1v) is 9.66. The molecule has 6 heteroatoms. The van der Waals surface area contributed by atoms with Crippen LogP contribution in [0, 0.1) is 0 Å². The molecule has 148 valence electrons. The number of para-hydroxylation sites is 1. The van der Waals surface area contributed by atoms with Crippen molar-refractivity contribution in [2.45, 2.75) is 18.8 Å². The molecule has 0 spiro atoms. The summed E-state index contributed by atoms with van der Waals surface area (Å²) in [5, 5.41) is 9.77. The first kappa shape index (κ1) is 18.9. The molecule has 1 aliphatic rings. The van der Waals surface area contributed by atoms with Crippen LogP contribution in [0.3, 0.4) is 0 Å². The van der Waals surface area contributed by atoms with E-state index in [2.05, 4.69) is 0 Å². The van der Waals surface area contributed by atoms with Gasteiger partial charge in [0.15, 0.2) is 0 Å². The number of piperidine rings is 1. The van der Waals surface area contributed by atoms with E-state index in [0.29, 0.717) is 18.5 Å². The Balaban J connectivity index is 1.64. The van der Waals surface area contributed by atoms with E-state index < -0.39 is 5.97 Å². The van der Waals surface area contributed by atoms with Gasteiger partial charge in [-0.25, -0.2) is 4.79 Å². The van der Waals surface area contributed by atoms with Crippen molar-refractivity contribution < 1.29 is 14.7 Å². The van der Waals surface area contributed by atoms with E-state index >= 15 is 0 Å². The summed E-state index contributed by atoms with van der Waals surface area (Å²) >= 11 is 0. The third-order valence-electron chi connectivity index (χ3n) is 5.64. The zero-order valence-electron chi connectivity index (χ0n) is 16.2. The van der Waals surface area contributed by atoms with Crippen LogP contribution in [-0.4, -0.2) is 39.5 Å². The molecule has 1 amide bonds. The van der Waals surface area contributed by atoms with E-state index in [4.69, 9.17) is 0 Å². The predicted octanol–water partition coefficient (Wildman–Crippen LogP) is 3.26. The molecule has 0 unspecified atom stereocenters. The first-order valence-electron chi connectivity index (χ1n) is 9.66. The van der Waals surface area contributed by atoms with Gasteiger partial charge in [0, 0.05) is 37.6 Å². The normalized spacial score (nSPS) is 16.7. The number of rotatable bonds is 3. The highest BCUT2D eigenvalue weighted by atomic mass is 16.4. The quantitative estimate of drug-likeness (QED) is 0.744. The second-order valence-corrected chi connectivity index (χ2v) is 7.52. The predicted molar refractivity (Wildman–Crippen MR) is 110 cm³/mol. The molecular weight excluding hydrogens is 368 g/mol. The molecule has 0 saturated carbocycles. The maximum Gasteiger partial charge on any atom is 0.335 e. The van der Waals surface area contributed by atoms with Crippen LogP contribution in [0.25, 0.3) is 10.9 Å². The molecule has 1 N–H and O–H groups in total. The number of carboxylic acid groups (broad SMARTS) is 1. The van der Waals surface area contributed by atoms with Crippen LogP contribution in [0.1, 0.15) is 45.0 Å². The zero-order valence-corrected chi connectivity index (χ0v) is 16.2. The lowest BCUT2D eigenvalue weighted by Gasteiger charge is -2.33. The average molecular weight is 390 g/mol. The number of fused-ring (bicyclic) bond motifs is 1. The number of carbonyl (C=O) groups excluding carboxylic acids is 1. The van der Waals surface area contributed by atoms with Gasteiger partial charge in [0.1, 0.15) is 5.56 Å². The molecule has 3 aromatic rings. The number of pyridine rings is 1. The maximum atomic E-state index is 13.2. The standard InChI is InChI=1S/C23H22N2O4/c1-24-14-19(21(26)18-9-2-3-10-20(18)24)22(27)25-11-5-8-17(13-25)15-6-4-7-16(12-15)23(28)29/h2-4,6-7,9-10,12,14,17H,5,8,11,13H2,1H3,(H,28,29)/t17-/m0/s1. The van der Waals surface area contributed by atoms with Gasteiger partial charge in [-0.05, 0) is 42.7 Å². The van der Waals surface area contributed by atoms with Gasteiger partial charge in [0.05, 0.1) is 11.1 Å². The highest BCUT2D eigenvalue weighted by Gasteiger charge is 2.27. The smallest absolute Gasteiger partial charge is 0.335 e. The second-order valence-electron chi connectivity index (χ2n) is 7.52. The molecule has 2 heterocycles. The number of amides is 1. The van der Waals surface area contributed by atoms with Crippen molar-refractivity contribution in [3.05, 3.63) is 81.6 Å². The fourth-order valence-electron chi connectivity index (χ4n) is 4.12. The van der Waals surface area contributed by atoms with E-state index in [0.717, 1.165) is 23.9 Å². The molecule has 1 aliphatic heterocycles. The van der Waals surface area contributed by atoms with Crippen LogP contribution in [0.5, 0.6) is 0 Å². The third-order valence-corrected chi connectivity index (χ3v) is 5.64. The van der Waals surface area contributed by atoms with Crippen molar-refractivity contribution in [3.63, 3.8) is 0 Å². The number of nitrogens with zero attached hydrogens (tertiary/aromatic N) is 2. The summed E-state index contributed by atoms with van der Waals surface area (Å²) in [6.07, 6.45) is 3.30. The first-order chi connectivity index (χ1) is 14.0. The molecule has 1 saturated heterocycles. The van der Waals surface area contributed by atoms with E-state index in [1.54, 1.807) is 41.4 Å². The zero-order chi connectivity index (χ0) is 20.5. The largest absolute Gasteiger partial charge is 0.478 e. The van der Waals surface area contributed by atoms with Crippen molar-refractivity contribution in [2.24, 2.45) is 7.05 Å². The summed E-state index contributed by atoms with van der Waals surface area (Å²) in [5.41, 5.74) is 1.86. The van der Waals surface area contributed by atoms with Gasteiger partial charge >= 0.3 is 5.97 Å². The second kappa shape index (κ2) is 7.54. The number of likely N-dealkylation sites (tertiary alicyclic amines) is 1. The molecule has 1 fully saturated rings. The van der Waals surface area contributed by atoms with Crippen LogP contribution in [0.15, 0.2) is 59.5 Å². The van der Waals surface area contributed by atoms with E-state index in [1.165, 1.54) is 0 Å². The number of benzene rings is 2. The molecule has 29 heavy (non-hydrogen) atoms. The number of aryl methyl sites for hydroxylation is 1. The number of carbonyl (C=O) groups is 2. The minimum Gasteiger partial charge on any atom is -0.478 e. The Morgan fingerprint density at radius 3 is 2.69 bits per heavy atom. The van der Waals surface area contributed by atoms with E-state index in [9.17, 15) is 19.5 Å². The number of hydrogen-bond donors (Lipinski definition) is 1. The Labute approximate surface area is 168 Å². The summed E-state index contributed by atoms with van der Waals surface area (Å²) in [7, 11) is 1.83. The van der Waals surface area contributed by atoms with Gasteiger partial charge in [-0.15, -0.1) is 0 Å². The van der Waals surface area contributed by atoms with Crippen LogP contribution in [0.2, 0.25) is 0 Å². The van der Waals surface area contributed by atoms with Crippen LogP contribution >= 0.6 is 0 Å². The summed E-state index contributed by atoms with van der Waals surface area (Å²) in [6, 6.07) is 14.1. The lowest BCUT2D eigenvalue weighted by atomic mass is 9.89. The summed E-state index contributed by atoms with van der Waals surface area (Å²) in [4.78, 5) is 39.1. The highest BCUT2D eigenvalue weighted by Crippen LogP contribution is 2.28. The van der Waals surface area contributed by atoms with Crippen molar-refractivity contribution in [2.75, 3.05) is 13.1 Å². The van der Waals surface area contributed by atoms with Gasteiger partial charge in [-0.2, -0.15) is 0 Å². The molecule has 0 aliphatic carbocycles. The average Bonchev–Trinajstić information content (AvgIpc) is 2.76. The Hall–Kier alpha value is -3.41. The molecule has 0 bridgehead atoms. The van der Waals surface area contributed by atoms with Crippen LogP contribution in [-0.2, 0) is 7.05 Å². The summed E-state index contributed by atoms with van der Waals surface area (Å²) < 4.78 is 1.81. The number of aromatic nitrogens is 1. The van der Waals surface area contributed by atoms with Crippen LogP contribution in [0.4, 0.5) is 0 Å². The fourth-order valence-corrected chi connectivity index (χ4v) is 4.12. The SMILES string of the molecule is Cn1cc(C(=O)N2CCC[C@H](c3cccc(C(=O)O)c3)C2)c(=O)c2ccccc21.